The molecule has 20 heavy (non-hydrogen) atoms. The standard InChI is InChI=1S/C13H23F3N4/c14-13(15,16)9-20-6-5-10(8-20)7-18-12(17)19-11-3-1-2-4-11/h10-11H,1-9H2,(H3,17,18,19). The minimum atomic E-state index is -4.11. The van der Waals surface area contributed by atoms with Crippen molar-refractivity contribution in [3.63, 3.8) is 0 Å². The molecule has 1 aliphatic heterocycles. The molecule has 0 radical (unpaired) electrons. The molecule has 3 N–H and O–H groups in total. The molecule has 0 spiro atoms. The molecule has 1 saturated heterocycles. The molecular weight excluding hydrogens is 269 g/mol. The molecule has 1 saturated carbocycles. The van der Waals surface area contributed by atoms with Crippen molar-refractivity contribution in [1.82, 2.24) is 10.2 Å². The van der Waals surface area contributed by atoms with Gasteiger partial charge in [0.15, 0.2) is 5.96 Å². The molecule has 7 heteroatoms. The fourth-order valence-electron chi connectivity index (χ4n) is 3.01. The fourth-order valence-corrected chi connectivity index (χ4v) is 3.01. The van der Waals surface area contributed by atoms with E-state index in [-0.39, 0.29) is 5.92 Å². The number of hydrogen-bond acceptors (Lipinski definition) is 2. The van der Waals surface area contributed by atoms with E-state index in [1.54, 1.807) is 0 Å². The average molecular weight is 292 g/mol. The van der Waals surface area contributed by atoms with Crippen LogP contribution in [-0.4, -0.2) is 49.3 Å². The van der Waals surface area contributed by atoms with Gasteiger partial charge in [0.1, 0.15) is 0 Å². The number of nitrogens with two attached hydrogens (primary N) is 1. The van der Waals surface area contributed by atoms with Crippen LogP contribution >= 0.6 is 0 Å². The molecule has 116 valence electrons. The number of likely N-dealkylation sites (tertiary alicyclic amines) is 1. The number of nitrogens with zero attached hydrogens (tertiary/aromatic N) is 2. The average Bonchev–Trinajstić information content (AvgIpc) is 2.96. The highest BCUT2D eigenvalue weighted by molar-refractivity contribution is 5.78. The summed E-state index contributed by atoms with van der Waals surface area (Å²) in [5, 5.41) is 3.19. The van der Waals surface area contributed by atoms with Gasteiger partial charge in [-0.2, -0.15) is 13.2 Å². The van der Waals surface area contributed by atoms with Crippen LogP contribution in [0.2, 0.25) is 0 Å². The Kier molecular flexibility index (Phi) is 5.12. The van der Waals surface area contributed by atoms with Crippen molar-refractivity contribution in [2.45, 2.75) is 44.3 Å². The third-order valence-electron chi connectivity index (χ3n) is 4.00. The van der Waals surface area contributed by atoms with Crippen molar-refractivity contribution in [1.29, 1.82) is 0 Å². The Morgan fingerprint density at radius 2 is 1.95 bits per heavy atom. The lowest BCUT2D eigenvalue weighted by molar-refractivity contribution is -0.143. The summed E-state index contributed by atoms with van der Waals surface area (Å²) >= 11 is 0. The number of alkyl halides is 3. The smallest absolute Gasteiger partial charge is 0.370 e. The van der Waals surface area contributed by atoms with Gasteiger partial charge in [-0.15, -0.1) is 0 Å². The molecule has 2 rings (SSSR count). The van der Waals surface area contributed by atoms with Crippen molar-refractivity contribution >= 4 is 5.96 Å². The van der Waals surface area contributed by atoms with Gasteiger partial charge in [0.25, 0.3) is 0 Å². The van der Waals surface area contributed by atoms with Crippen LogP contribution < -0.4 is 11.1 Å². The van der Waals surface area contributed by atoms with Crippen LogP contribution in [0, 0.1) is 5.92 Å². The van der Waals surface area contributed by atoms with Crippen molar-refractivity contribution in [2.75, 3.05) is 26.2 Å². The van der Waals surface area contributed by atoms with Gasteiger partial charge in [-0.25, -0.2) is 0 Å². The van der Waals surface area contributed by atoms with E-state index in [1.807, 2.05) is 0 Å². The second-order valence-corrected chi connectivity index (χ2v) is 5.86. The van der Waals surface area contributed by atoms with Gasteiger partial charge >= 0.3 is 6.18 Å². The number of halogens is 3. The van der Waals surface area contributed by atoms with E-state index in [0.29, 0.717) is 31.6 Å². The van der Waals surface area contributed by atoms with Crippen molar-refractivity contribution < 1.29 is 13.2 Å². The summed E-state index contributed by atoms with van der Waals surface area (Å²) in [6, 6.07) is 0.420. The molecule has 2 aliphatic rings. The SMILES string of the molecule is NC(=NCC1CCN(CC(F)(F)F)C1)NC1CCCC1. The van der Waals surface area contributed by atoms with Gasteiger partial charge in [-0.3, -0.25) is 9.89 Å². The van der Waals surface area contributed by atoms with Crippen molar-refractivity contribution in [3.05, 3.63) is 0 Å². The monoisotopic (exact) mass is 292 g/mol. The first kappa shape index (κ1) is 15.4. The Morgan fingerprint density at radius 1 is 1.25 bits per heavy atom. The minimum Gasteiger partial charge on any atom is -0.370 e. The predicted octanol–water partition coefficient (Wildman–Crippen LogP) is 1.72. The molecule has 0 amide bonds. The second-order valence-electron chi connectivity index (χ2n) is 5.86. The van der Waals surface area contributed by atoms with Crippen LogP contribution in [0.4, 0.5) is 13.2 Å². The summed E-state index contributed by atoms with van der Waals surface area (Å²) in [6.07, 6.45) is 1.34. The number of nitrogens with one attached hydrogen (secondary N) is 1. The van der Waals surface area contributed by atoms with Crippen molar-refractivity contribution in [3.8, 4) is 0 Å². The van der Waals surface area contributed by atoms with Gasteiger partial charge in [-0.1, -0.05) is 12.8 Å². The summed E-state index contributed by atoms with van der Waals surface area (Å²) in [6.45, 7) is 0.651. The van der Waals surface area contributed by atoms with E-state index in [9.17, 15) is 13.2 Å². The van der Waals surface area contributed by atoms with Crippen LogP contribution in [0.25, 0.3) is 0 Å². The van der Waals surface area contributed by atoms with Gasteiger partial charge in [0.05, 0.1) is 6.54 Å². The Bertz CT molecular complexity index is 337. The van der Waals surface area contributed by atoms with Crippen LogP contribution in [0.15, 0.2) is 4.99 Å². The van der Waals surface area contributed by atoms with Crippen LogP contribution in [0.5, 0.6) is 0 Å². The van der Waals surface area contributed by atoms with E-state index in [0.717, 1.165) is 19.3 Å². The van der Waals surface area contributed by atoms with Gasteiger partial charge < -0.3 is 11.1 Å². The molecular formula is C13H23F3N4. The summed E-state index contributed by atoms with van der Waals surface area (Å²) in [5.74, 6) is 0.618. The van der Waals surface area contributed by atoms with E-state index in [2.05, 4.69) is 10.3 Å². The lowest BCUT2D eigenvalue weighted by Gasteiger charge is -2.17. The maximum atomic E-state index is 12.3. The first-order valence-corrected chi connectivity index (χ1v) is 7.28. The summed E-state index contributed by atoms with van der Waals surface area (Å²) in [4.78, 5) is 5.72. The number of guanidine groups is 1. The maximum absolute atomic E-state index is 12.3. The minimum absolute atomic E-state index is 0.182. The van der Waals surface area contributed by atoms with E-state index >= 15 is 0 Å². The molecule has 1 unspecified atom stereocenters. The van der Waals surface area contributed by atoms with Gasteiger partial charge in [-0.05, 0) is 31.7 Å². The molecule has 2 fully saturated rings. The van der Waals surface area contributed by atoms with E-state index < -0.39 is 12.7 Å². The predicted molar refractivity (Wildman–Crippen MR) is 72.5 cm³/mol. The molecule has 0 bridgehead atoms. The number of hydrogen-bond donors (Lipinski definition) is 2. The van der Waals surface area contributed by atoms with Gasteiger partial charge in [0.2, 0.25) is 0 Å². The Balaban J connectivity index is 1.69. The highest BCUT2D eigenvalue weighted by atomic mass is 19.4. The zero-order valence-corrected chi connectivity index (χ0v) is 11.6. The Hall–Kier alpha value is -0.980. The quantitative estimate of drug-likeness (QED) is 0.613. The number of aliphatic imine (C=N–C) groups is 1. The maximum Gasteiger partial charge on any atom is 0.401 e. The van der Waals surface area contributed by atoms with E-state index in [1.165, 1.54) is 17.7 Å². The molecule has 1 heterocycles. The zero-order chi connectivity index (χ0) is 14.6. The van der Waals surface area contributed by atoms with Crippen LogP contribution in [0.3, 0.4) is 0 Å². The molecule has 0 aromatic heterocycles. The second kappa shape index (κ2) is 6.65. The highest BCUT2D eigenvalue weighted by Gasteiger charge is 2.34. The lowest BCUT2D eigenvalue weighted by Crippen LogP contribution is -2.39. The molecule has 0 aromatic rings. The first-order chi connectivity index (χ1) is 9.42. The third-order valence-corrected chi connectivity index (χ3v) is 4.00. The van der Waals surface area contributed by atoms with Gasteiger partial charge in [0, 0.05) is 19.1 Å². The van der Waals surface area contributed by atoms with Crippen LogP contribution in [0.1, 0.15) is 32.1 Å². The topological polar surface area (TPSA) is 53.6 Å². The molecule has 1 aliphatic carbocycles. The Labute approximate surface area is 117 Å². The Morgan fingerprint density at radius 3 is 2.60 bits per heavy atom. The molecule has 4 nitrogen and oxygen atoms in total. The molecule has 1 atom stereocenters. The zero-order valence-electron chi connectivity index (χ0n) is 11.6. The summed E-state index contributed by atoms with van der Waals surface area (Å²) in [5.41, 5.74) is 5.81. The highest BCUT2D eigenvalue weighted by Crippen LogP contribution is 2.23. The largest absolute Gasteiger partial charge is 0.401 e. The first-order valence-electron chi connectivity index (χ1n) is 7.28. The van der Waals surface area contributed by atoms with Crippen molar-refractivity contribution in [2.24, 2.45) is 16.6 Å². The molecule has 0 aromatic carbocycles. The number of rotatable bonds is 4. The third kappa shape index (κ3) is 5.19. The van der Waals surface area contributed by atoms with E-state index in [4.69, 9.17) is 5.73 Å². The summed E-state index contributed by atoms with van der Waals surface area (Å²) < 4.78 is 36.8. The summed E-state index contributed by atoms with van der Waals surface area (Å²) in [7, 11) is 0. The fraction of sp³-hybridized carbons (Fsp3) is 0.923. The lowest BCUT2D eigenvalue weighted by atomic mass is 10.1. The normalized spacial score (nSPS) is 26.4. The van der Waals surface area contributed by atoms with Crippen LogP contribution in [-0.2, 0) is 0 Å².